The Balaban J connectivity index is 1.94. The summed E-state index contributed by atoms with van der Waals surface area (Å²) in [5.74, 6) is 1.12. The average Bonchev–Trinajstić information content (AvgIpc) is 2.51. The van der Waals surface area contributed by atoms with Gasteiger partial charge < -0.3 is 10.1 Å². The van der Waals surface area contributed by atoms with E-state index in [1.54, 1.807) is 11.1 Å². The van der Waals surface area contributed by atoms with Gasteiger partial charge in [-0.25, -0.2) is 0 Å². The zero-order valence-electron chi connectivity index (χ0n) is 12.9. The summed E-state index contributed by atoms with van der Waals surface area (Å²) < 4.78 is 5.71. The maximum atomic E-state index is 5.71. The van der Waals surface area contributed by atoms with Gasteiger partial charge in [0.1, 0.15) is 5.75 Å². The van der Waals surface area contributed by atoms with Crippen LogP contribution in [0.3, 0.4) is 0 Å². The van der Waals surface area contributed by atoms with Crippen molar-refractivity contribution in [2.24, 2.45) is 0 Å². The van der Waals surface area contributed by atoms with Crippen LogP contribution in [0.5, 0.6) is 5.75 Å². The number of nitrogens with one attached hydrogen (secondary N) is 1. The fourth-order valence-electron chi connectivity index (χ4n) is 3.94. The molecule has 1 aromatic rings. The molecule has 2 heteroatoms. The van der Waals surface area contributed by atoms with Crippen molar-refractivity contribution < 1.29 is 4.74 Å². The molecule has 3 rings (SSSR count). The minimum Gasteiger partial charge on any atom is -0.496 e. The summed E-state index contributed by atoms with van der Waals surface area (Å²) in [6, 6.07) is 2.91. The molecular weight excluding hydrogens is 246 g/mol. The molecular formula is C18H27NO. The molecule has 110 valence electrons. The molecule has 0 aromatic heterocycles. The van der Waals surface area contributed by atoms with E-state index in [0.29, 0.717) is 6.04 Å². The molecule has 0 spiro atoms. The number of aryl methyl sites for hydroxylation is 1. The van der Waals surface area contributed by atoms with Gasteiger partial charge in [-0.1, -0.05) is 6.42 Å². The van der Waals surface area contributed by atoms with Crippen molar-refractivity contribution in [2.75, 3.05) is 13.7 Å². The Morgan fingerprint density at radius 3 is 2.65 bits per heavy atom. The Kier molecular flexibility index (Phi) is 4.30. The van der Waals surface area contributed by atoms with Gasteiger partial charge >= 0.3 is 0 Å². The lowest BCUT2D eigenvalue weighted by Gasteiger charge is -2.28. The van der Waals surface area contributed by atoms with Gasteiger partial charge in [-0.2, -0.15) is 0 Å². The normalized spacial score (nSPS) is 22.4. The second kappa shape index (κ2) is 6.17. The van der Waals surface area contributed by atoms with Crippen LogP contribution >= 0.6 is 0 Å². The van der Waals surface area contributed by atoms with Crippen LogP contribution in [0.1, 0.15) is 54.4 Å². The van der Waals surface area contributed by atoms with Crippen LogP contribution in [0.15, 0.2) is 6.07 Å². The number of ether oxygens (including phenoxy) is 1. The van der Waals surface area contributed by atoms with E-state index in [4.69, 9.17) is 4.74 Å². The quantitative estimate of drug-likeness (QED) is 0.909. The minimum absolute atomic E-state index is 0.645. The van der Waals surface area contributed by atoms with Gasteiger partial charge in [0, 0.05) is 6.04 Å². The Bertz CT molecular complexity index is 475. The van der Waals surface area contributed by atoms with Crippen LogP contribution in [-0.4, -0.2) is 19.7 Å². The minimum atomic E-state index is 0.645. The first-order valence-electron chi connectivity index (χ1n) is 8.21. The number of piperidine rings is 1. The summed E-state index contributed by atoms with van der Waals surface area (Å²) >= 11 is 0. The van der Waals surface area contributed by atoms with Gasteiger partial charge in [0.25, 0.3) is 0 Å². The maximum Gasteiger partial charge on any atom is 0.122 e. The third kappa shape index (κ3) is 2.71. The monoisotopic (exact) mass is 273 g/mol. The number of fused-ring (bicyclic) bond motifs is 1. The lowest BCUT2D eigenvalue weighted by molar-refractivity contribution is 0.379. The molecule has 0 saturated carbocycles. The number of hydrogen-bond donors (Lipinski definition) is 1. The fraction of sp³-hybridized carbons (Fsp3) is 0.667. The molecule has 1 unspecified atom stereocenters. The summed E-state index contributed by atoms with van der Waals surface area (Å²) in [6.07, 6.45) is 10.4. The number of methoxy groups -OCH3 is 1. The first kappa shape index (κ1) is 13.9. The fourth-order valence-corrected chi connectivity index (χ4v) is 3.94. The average molecular weight is 273 g/mol. The van der Waals surface area contributed by atoms with Gasteiger partial charge in [0.05, 0.1) is 7.11 Å². The van der Waals surface area contributed by atoms with E-state index in [2.05, 4.69) is 18.3 Å². The Morgan fingerprint density at radius 2 is 1.95 bits per heavy atom. The van der Waals surface area contributed by atoms with Crippen molar-refractivity contribution in [3.05, 3.63) is 28.3 Å². The Morgan fingerprint density at radius 1 is 1.15 bits per heavy atom. The number of rotatable bonds is 3. The highest BCUT2D eigenvalue weighted by molar-refractivity contribution is 5.51. The smallest absolute Gasteiger partial charge is 0.122 e. The highest BCUT2D eigenvalue weighted by Crippen LogP contribution is 2.35. The van der Waals surface area contributed by atoms with Crippen LogP contribution in [0, 0.1) is 6.92 Å². The first-order valence-corrected chi connectivity index (χ1v) is 8.21. The summed E-state index contributed by atoms with van der Waals surface area (Å²) in [5, 5.41) is 3.68. The van der Waals surface area contributed by atoms with E-state index in [9.17, 15) is 0 Å². The molecule has 1 aliphatic carbocycles. The molecule has 1 saturated heterocycles. The predicted octanol–water partition coefficient (Wildman–Crippen LogP) is 3.57. The maximum absolute atomic E-state index is 5.71. The molecule has 2 nitrogen and oxygen atoms in total. The lowest BCUT2D eigenvalue weighted by atomic mass is 9.82. The summed E-state index contributed by atoms with van der Waals surface area (Å²) in [7, 11) is 1.82. The molecule has 1 heterocycles. The molecule has 1 aliphatic heterocycles. The van der Waals surface area contributed by atoms with Crippen LogP contribution in [-0.2, 0) is 19.3 Å². The molecule has 0 bridgehead atoms. The molecule has 1 fully saturated rings. The van der Waals surface area contributed by atoms with E-state index in [1.165, 1.54) is 62.6 Å². The summed E-state index contributed by atoms with van der Waals surface area (Å²) in [5.41, 5.74) is 6.15. The Labute approximate surface area is 122 Å². The van der Waals surface area contributed by atoms with Crippen LogP contribution in [0.2, 0.25) is 0 Å². The van der Waals surface area contributed by atoms with Gasteiger partial charge in [-0.3, -0.25) is 0 Å². The number of hydrogen-bond acceptors (Lipinski definition) is 2. The van der Waals surface area contributed by atoms with Crippen molar-refractivity contribution >= 4 is 0 Å². The second-order valence-electron chi connectivity index (χ2n) is 6.39. The zero-order chi connectivity index (χ0) is 13.9. The van der Waals surface area contributed by atoms with E-state index in [1.807, 2.05) is 7.11 Å². The van der Waals surface area contributed by atoms with Gasteiger partial charge in [0.2, 0.25) is 0 Å². The van der Waals surface area contributed by atoms with Gasteiger partial charge in [0.15, 0.2) is 0 Å². The molecule has 1 atom stereocenters. The standard InChI is InChI=1S/C18H27NO/c1-13-11-18(20-2)17(12-14-7-5-6-10-19-14)16-9-4-3-8-15(13)16/h11,14,19H,3-10,12H2,1-2H3. The van der Waals surface area contributed by atoms with Crippen LogP contribution in [0.25, 0.3) is 0 Å². The zero-order valence-corrected chi connectivity index (χ0v) is 12.9. The number of benzene rings is 1. The topological polar surface area (TPSA) is 21.3 Å². The van der Waals surface area contributed by atoms with E-state index < -0.39 is 0 Å². The first-order chi connectivity index (χ1) is 9.79. The molecule has 2 aliphatic rings. The van der Waals surface area contributed by atoms with Crippen molar-refractivity contribution in [3.8, 4) is 5.75 Å². The Hall–Kier alpha value is -1.02. The van der Waals surface area contributed by atoms with E-state index in [-0.39, 0.29) is 0 Å². The molecule has 0 radical (unpaired) electrons. The van der Waals surface area contributed by atoms with Crippen LogP contribution < -0.4 is 10.1 Å². The highest BCUT2D eigenvalue weighted by Gasteiger charge is 2.22. The third-order valence-corrected chi connectivity index (χ3v) is 5.04. The lowest BCUT2D eigenvalue weighted by Crippen LogP contribution is -2.36. The van der Waals surface area contributed by atoms with Crippen molar-refractivity contribution in [1.29, 1.82) is 0 Å². The summed E-state index contributed by atoms with van der Waals surface area (Å²) in [4.78, 5) is 0. The molecule has 0 amide bonds. The second-order valence-corrected chi connectivity index (χ2v) is 6.39. The van der Waals surface area contributed by atoms with Crippen molar-refractivity contribution in [2.45, 2.75) is 64.3 Å². The predicted molar refractivity (Wildman–Crippen MR) is 83.7 cm³/mol. The molecule has 1 aromatic carbocycles. The van der Waals surface area contributed by atoms with Gasteiger partial charge in [-0.05, 0) is 86.7 Å². The third-order valence-electron chi connectivity index (χ3n) is 5.04. The largest absolute Gasteiger partial charge is 0.496 e. The van der Waals surface area contributed by atoms with Crippen molar-refractivity contribution in [3.63, 3.8) is 0 Å². The van der Waals surface area contributed by atoms with Crippen LogP contribution in [0.4, 0.5) is 0 Å². The highest BCUT2D eigenvalue weighted by atomic mass is 16.5. The van der Waals surface area contributed by atoms with E-state index >= 15 is 0 Å². The molecule has 20 heavy (non-hydrogen) atoms. The summed E-state index contributed by atoms with van der Waals surface area (Å²) in [6.45, 7) is 3.43. The molecule has 1 N–H and O–H groups in total. The van der Waals surface area contributed by atoms with E-state index in [0.717, 1.165) is 12.2 Å². The van der Waals surface area contributed by atoms with Gasteiger partial charge in [-0.15, -0.1) is 0 Å². The SMILES string of the molecule is COc1cc(C)c2c(c1CC1CCCCN1)CCCC2. The van der Waals surface area contributed by atoms with Crippen molar-refractivity contribution in [1.82, 2.24) is 5.32 Å².